The first kappa shape index (κ1) is 29.1. The van der Waals surface area contributed by atoms with Gasteiger partial charge in [0.2, 0.25) is 5.91 Å². The highest BCUT2D eigenvalue weighted by atomic mass is 35.5. The monoisotopic (exact) mass is 597 g/mol. The average molecular weight is 598 g/mol. The number of aryl methyl sites for hydroxylation is 3. The van der Waals surface area contributed by atoms with Crippen molar-refractivity contribution in [2.75, 3.05) is 20.9 Å². The summed E-state index contributed by atoms with van der Waals surface area (Å²) in [6.07, 6.45) is 0. The molecule has 2 N–H and O–H groups in total. The molecule has 0 heterocycles. The maximum absolute atomic E-state index is 13.6. The highest BCUT2D eigenvalue weighted by Gasteiger charge is 2.28. The molecule has 4 aromatic carbocycles. The number of carbonyl (C=O) groups excluding carboxylic acids is 1. The summed E-state index contributed by atoms with van der Waals surface area (Å²) >= 11 is 5.94. The number of rotatable bonds is 9. The van der Waals surface area contributed by atoms with Gasteiger partial charge in [-0.2, -0.15) is 0 Å². The van der Waals surface area contributed by atoms with Crippen molar-refractivity contribution < 1.29 is 21.6 Å². The lowest BCUT2D eigenvalue weighted by Crippen LogP contribution is -2.38. The van der Waals surface area contributed by atoms with Crippen molar-refractivity contribution in [3.63, 3.8) is 0 Å². The van der Waals surface area contributed by atoms with Gasteiger partial charge in [0.25, 0.3) is 20.0 Å². The van der Waals surface area contributed by atoms with Gasteiger partial charge in [-0.1, -0.05) is 35.9 Å². The number of nitrogens with zero attached hydrogens (tertiary/aromatic N) is 1. The Balaban J connectivity index is 1.55. The summed E-state index contributed by atoms with van der Waals surface area (Å²) in [7, 11) is -7.98. The minimum Gasteiger partial charge on any atom is -0.325 e. The number of para-hydroxylation sites is 1. The van der Waals surface area contributed by atoms with E-state index >= 15 is 0 Å². The number of sulfonamides is 2. The molecule has 0 aliphatic heterocycles. The second-order valence-electron chi connectivity index (χ2n) is 9.23. The maximum atomic E-state index is 13.6. The number of hydrogen-bond donors (Lipinski definition) is 2. The Kier molecular flexibility index (Phi) is 8.53. The van der Waals surface area contributed by atoms with E-state index in [1.165, 1.54) is 48.5 Å². The highest BCUT2D eigenvalue weighted by Crippen LogP contribution is 2.27. The lowest BCUT2D eigenvalue weighted by molar-refractivity contribution is -0.114. The van der Waals surface area contributed by atoms with Gasteiger partial charge >= 0.3 is 0 Å². The van der Waals surface area contributed by atoms with Crippen LogP contribution in [0, 0.1) is 20.8 Å². The Bertz CT molecular complexity index is 1760. The molecule has 0 saturated heterocycles. The van der Waals surface area contributed by atoms with Gasteiger partial charge in [-0.25, -0.2) is 16.8 Å². The second-order valence-corrected chi connectivity index (χ2v) is 13.2. The van der Waals surface area contributed by atoms with Crippen LogP contribution in [-0.4, -0.2) is 29.3 Å². The molecule has 11 heteroatoms. The van der Waals surface area contributed by atoms with Crippen molar-refractivity contribution in [3.05, 3.63) is 113 Å². The van der Waals surface area contributed by atoms with E-state index in [4.69, 9.17) is 11.6 Å². The van der Waals surface area contributed by atoms with Crippen molar-refractivity contribution in [1.29, 1.82) is 0 Å². The molecule has 1 amide bonds. The predicted molar refractivity (Wildman–Crippen MR) is 159 cm³/mol. The summed E-state index contributed by atoms with van der Waals surface area (Å²) in [5, 5.41) is 3.04. The first-order chi connectivity index (χ1) is 18.9. The molecular formula is C29H28ClN3O5S2. The van der Waals surface area contributed by atoms with Crippen LogP contribution < -0.4 is 14.3 Å². The van der Waals surface area contributed by atoms with E-state index in [0.717, 1.165) is 21.0 Å². The summed E-state index contributed by atoms with van der Waals surface area (Å²) in [6.45, 7) is 5.05. The van der Waals surface area contributed by atoms with Crippen LogP contribution in [0.25, 0.3) is 0 Å². The van der Waals surface area contributed by atoms with Crippen LogP contribution in [0.2, 0.25) is 5.02 Å². The van der Waals surface area contributed by atoms with E-state index < -0.39 is 32.5 Å². The molecule has 0 aliphatic carbocycles. The van der Waals surface area contributed by atoms with Crippen LogP contribution in [0.1, 0.15) is 16.7 Å². The van der Waals surface area contributed by atoms with Crippen molar-refractivity contribution in [2.24, 2.45) is 0 Å². The van der Waals surface area contributed by atoms with Crippen LogP contribution in [-0.2, 0) is 24.8 Å². The molecule has 208 valence electrons. The number of benzene rings is 4. The molecule has 0 atom stereocenters. The molecule has 0 spiro atoms. The molecule has 40 heavy (non-hydrogen) atoms. The average Bonchev–Trinajstić information content (AvgIpc) is 2.91. The van der Waals surface area contributed by atoms with E-state index in [-0.39, 0.29) is 9.79 Å². The molecule has 0 saturated carbocycles. The van der Waals surface area contributed by atoms with Gasteiger partial charge in [0.15, 0.2) is 0 Å². The molecule has 0 aliphatic rings. The SMILES string of the molecule is Cc1ccc(N(CC(=O)Nc2ccc(S(=O)(=O)Nc3ccccc3C)cc2)S(=O)(=O)c2ccc(Cl)cc2)cc1C. The molecule has 0 fully saturated rings. The van der Waals surface area contributed by atoms with Crippen LogP contribution in [0.3, 0.4) is 0 Å². The highest BCUT2D eigenvalue weighted by molar-refractivity contribution is 7.93. The summed E-state index contributed by atoms with van der Waals surface area (Å²) in [5.74, 6) is -0.607. The molecule has 8 nitrogen and oxygen atoms in total. The van der Waals surface area contributed by atoms with Crippen molar-refractivity contribution >= 4 is 54.6 Å². The van der Waals surface area contributed by atoms with Crippen LogP contribution in [0.5, 0.6) is 0 Å². The Morgan fingerprint density at radius 2 is 1.38 bits per heavy atom. The fraction of sp³-hybridized carbons (Fsp3) is 0.138. The zero-order chi connectivity index (χ0) is 29.1. The normalized spacial score (nSPS) is 11.6. The van der Waals surface area contributed by atoms with Gasteiger partial charge in [-0.3, -0.25) is 13.8 Å². The fourth-order valence-electron chi connectivity index (χ4n) is 3.87. The Morgan fingerprint density at radius 3 is 2.00 bits per heavy atom. The number of amides is 1. The van der Waals surface area contributed by atoms with Gasteiger partial charge in [-0.05, 0) is 104 Å². The Hall–Kier alpha value is -3.86. The third-order valence-electron chi connectivity index (χ3n) is 6.31. The lowest BCUT2D eigenvalue weighted by Gasteiger charge is -2.25. The van der Waals surface area contributed by atoms with E-state index in [0.29, 0.717) is 22.1 Å². The fourth-order valence-corrected chi connectivity index (χ4v) is 6.54. The summed E-state index contributed by atoms with van der Waals surface area (Å²) < 4.78 is 56.4. The maximum Gasteiger partial charge on any atom is 0.264 e. The largest absolute Gasteiger partial charge is 0.325 e. The molecule has 4 rings (SSSR count). The first-order valence-electron chi connectivity index (χ1n) is 12.2. The Labute approximate surface area is 239 Å². The van der Waals surface area contributed by atoms with Gasteiger partial charge in [0, 0.05) is 10.7 Å². The van der Waals surface area contributed by atoms with Crippen LogP contribution in [0.4, 0.5) is 17.1 Å². The van der Waals surface area contributed by atoms with Crippen molar-refractivity contribution in [1.82, 2.24) is 0 Å². The number of nitrogens with one attached hydrogen (secondary N) is 2. The molecular weight excluding hydrogens is 570 g/mol. The van der Waals surface area contributed by atoms with E-state index in [1.807, 2.05) is 19.9 Å². The third kappa shape index (κ3) is 6.64. The second kappa shape index (κ2) is 11.7. The van der Waals surface area contributed by atoms with Gasteiger partial charge in [0.05, 0.1) is 21.2 Å². The van der Waals surface area contributed by atoms with Gasteiger partial charge in [0.1, 0.15) is 6.54 Å². The third-order valence-corrected chi connectivity index (χ3v) is 9.73. The van der Waals surface area contributed by atoms with E-state index in [9.17, 15) is 21.6 Å². The molecule has 4 aromatic rings. The Morgan fingerprint density at radius 1 is 0.750 bits per heavy atom. The number of halogens is 1. The standard InChI is InChI=1S/C29H28ClN3O5S2/c1-20-8-13-25(18-22(20)3)33(40(37,38)27-14-9-23(30)10-15-27)19-29(34)31-24-11-16-26(17-12-24)39(35,36)32-28-7-5-4-6-21(28)2/h4-18,32H,19H2,1-3H3,(H,31,34). The predicted octanol–water partition coefficient (Wildman–Crippen LogP) is 5.90. The summed E-state index contributed by atoms with van der Waals surface area (Å²) in [4.78, 5) is 13.1. The molecule has 0 bridgehead atoms. The lowest BCUT2D eigenvalue weighted by atomic mass is 10.1. The smallest absolute Gasteiger partial charge is 0.264 e. The van der Waals surface area contributed by atoms with Crippen molar-refractivity contribution in [2.45, 2.75) is 30.6 Å². The quantitative estimate of drug-likeness (QED) is 0.249. The number of carbonyl (C=O) groups is 1. The molecule has 0 unspecified atom stereocenters. The minimum absolute atomic E-state index is 0.0100. The summed E-state index contributed by atoms with van der Waals surface area (Å²) in [6, 6.07) is 23.5. The first-order valence-corrected chi connectivity index (χ1v) is 15.5. The summed E-state index contributed by atoms with van der Waals surface area (Å²) in [5.41, 5.74) is 3.72. The van der Waals surface area contributed by atoms with Gasteiger partial charge < -0.3 is 5.32 Å². The van der Waals surface area contributed by atoms with Crippen LogP contribution in [0.15, 0.2) is 101 Å². The van der Waals surface area contributed by atoms with Gasteiger partial charge in [-0.15, -0.1) is 0 Å². The van der Waals surface area contributed by atoms with Crippen LogP contribution >= 0.6 is 11.6 Å². The molecule has 0 aromatic heterocycles. The zero-order valence-electron chi connectivity index (χ0n) is 22.1. The molecule has 0 radical (unpaired) electrons. The zero-order valence-corrected chi connectivity index (χ0v) is 24.4. The van der Waals surface area contributed by atoms with E-state index in [2.05, 4.69) is 10.0 Å². The number of anilines is 3. The van der Waals surface area contributed by atoms with Crippen molar-refractivity contribution in [3.8, 4) is 0 Å². The minimum atomic E-state index is -4.12. The topological polar surface area (TPSA) is 113 Å². The number of hydrogen-bond acceptors (Lipinski definition) is 5. The van der Waals surface area contributed by atoms with E-state index in [1.54, 1.807) is 43.3 Å².